The van der Waals surface area contributed by atoms with Gasteiger partial charge in [0.2, 0.25) is 0 Å². The third-order valence-corrected chi connectivity index (χ3v) is 12.4. The van der Waals surface area contributed by atoms with Gasteiger partial charge in [-0.25, -0.2) is 0 Å². The molecule has 0 bridgehead atoms. The van der Waals surface area contributed by atoms with E-state index in [1.54, 1.807) is 0 Å². The van der Waals surface area contributed by atoms with Crippen molar-refractivity contribution in [3.63, 3.8) is 0 Å². The number of hydrogen-bond acceptors (Lipinski definition) is 1. The summed E-state index contributed by atoms with van der Waals surface area (Å²) in [7, 11) is 0. The summed E-state index contributed by atoms with van der Waals surface area (Å²) >= 11 is 0. The molecular weight excluding hydrogens is 629 g/mol. The fraction of sp³-hybridized carbons (Fsp3) is 0.176. The molecule has 252 valence electrons. The Hall–Kier alpha value is -5.66. The Kier molecular flexibility index (Phi) is 6.83. The van der Waals surface area contributed by atoms with Crippen LogP contribution in [0.4, 0.5) is 0 Å². The van der Waals surface area contributed by atoms with Crippen molar-refractivity contribution in [3.05, 3.63) is 191 Å². The monoisotopic (exact) mass is 670 g/mol. The first-order valence-corrected chi connectivity index (χ1v) is 18.8. The lowest BCUT2D eigenvalue weighted by Crippen LogP contribution is -2.16. The van der Waals surface area contributed by atoms with Crippen molar-refractivity contribution in [2.45, 2.75) is 57.3 Å². The van der Waals surface area contributed by atoms with Gasteiger partial charge in [0.15, 0.2) is 0 Å². The number of rotatable bonds is 6. The third kappa shape index (κ3) is 4.61. The zero-order valence-electron chi connectivity index (χ0n) is 30.3. The molecule has 0 radical (unpaired) electrons. The molecule has 1 heterocycles. The van der Waals surface area contributed by atoms with Crippen molar-refractivity contribution in [2.24, 2.45) is 0 Å². The highest BCUT2D eigenvalue weighted by Crippen LogP contribution is 2.52. The molecule has 1 aromatic heterocycles. The predicted octanol–water partition coefficient (Wildman–Crippen LogP) is 13.6. The molecule has 52 heavy (non-hydrogen) atoms. The molecule has 2 aliphatic rings. The van der Waals surface area contributed by atoms with Gasteiger partial charge in [0, 0.05) is 33.1 Å². The van der Waals surface area contributed by atoms with Gasteiger partial charge < -0.3 is 4.42 Å². The summed E-state index contributed by atoms with van der Waals surface area (Å²) in [6.45, 7) is 9.55. The van der Waals surface area contributed by atoms with E-state index in [0.29, 0.717) is 0 Å². The van der Waals surface area contributed by atoms with Gasteiger partial charge in [0.05, 0.1) is 0 Å². The molecule has 10 rings (SSSR count). The second kappa shape index (κ2) is 11.4. The largest absolute Gasteiger partial charge is 0.455 e. The summed E-state index contributed by atoms with van der Waals surface area (Å²) in [6.07, 6.45) is 2.01. The van der Waals surface area contributed by atoms with Crippen LogP contribution in [0.15, 0.2) is 156 Å². The SMILES string of the molecule is CC1(C)c2ccccc2-c2ccc(C(CCc3ccc(-c4cccc5c4oc4ccccc45)cc3)c3ccc4c(c3)C(C)(C)c3ccccc3-4)cc21. The van der Waals surface area contributed by atoms with Gasteiger partial charge >= 0.3 is 0 Å². The van der Waals surface area contributed by atoms with Crippen molar-refractivity contribution < 1.29 is 4.42 Å². The molecule has 0 atom stereocenters. The van der Waals surface area contributed by atoms with E-state index in [-0.39, 0.29) is 16.7 Å². The van der Waals surface area contributed by atoms with Gasteiger partial charge in [-0.2, -0.15) is 0 Å². The van der Waals surface area contributed by atoms with Gasteiger partial charge in [-0.3, -0.25) is 0 Å². The van der Waals surface area contributed by atoms with Crippen LogP contribution in [0.3, 0.4) is 0 Å². The number of fused-ring (bicyclic) bond motifs is 9. The Morgan fingerprint density at radius 3 is 1.62 bits per heavy atom. The zero-order valence-corrected chi connectivity index (χ0v) is 30.3. The molecule has 1 nitrogen and oxygen atoms in total. The normalized spacial score (nSPS) is 14.8. The number of para-hydroxylation sites is 2. The Balaban J connectivity index is 1.02. The molecule has 0 saturated carbocycles. The molecule has 0 amide bonds. The molecule has 0 aliphatic heterocycles. The lowest BCUT2D eigenvalue weighted by atomic mass is 9.77. The molecule has 2 aliphatic carbocycles. The average molecular weight is 671 g/mol. The lowest BCUT2D eigenvalue weighted by Gasteiger charge is -2.26. The van der Waals surface area contributed by atoms with Crippen LogP contribution < -0.4 is 0 Å². The molecule has 8 aromatic rings. The predicted molar refractivity (Wildman–Crippen MR) is 217 cm³/mol. The minimum absolute atomic E-state index is 0.0351. The first kappa shape index (κ1) is 31.1. The summed E-state index contributed by atoms with van der Waals surface area (Å²) in [5.41, 5.74) is 19.5. The van der Waals surface area contributed by atoms with Crippen molar-refractivity contribution >= 4 is 21.9 Å². The van der Waals surface area contributed by atoms with E-state index in [1.165, 1.54) is 77.5 Å². The van der Waals surface area contributed by atoms with Crippen molar-refractivity contribution in [1.29, 1.82) is 0 Å². The van der Waals surface area contributed by atoms with Gasteiger partial charge in [0.25, 0.3) is 0 Å². The smallest absolute Gasteiger partial charge is 0.143 e. The first-order chi connectivity index (χ1) is 25.3. The second-order valence-corrected chi connectivity index (χ2v) is 16.0. The average Bonchev–Trinajstić information content (AvgIpc) is 3.75. The Morgan fingerprint density at radius 2 is 0.981 bits per heavy atom. The summed E-state index contributed by atoms with van der Waals surface area (Å²) in [6, 6.07) is 56.6. The molecule has 0 saturated heterocycles. The Morgan fingerprint density at radius 1 is 0.462 bits per heavy atom. The van der Waals surface area contributed by atoms with E-state index in [0.717, 1.165) is 29.6 Å². The quantitative estimate of drug-likeness (QED) is 0.172. The highest BCUT2D eigenvalue weighted by Gasteiger charge is 2.37. The highest BCUT2D eigenvalue weighted by molar-refractivity contribution is 6.09. The molecule has 1 heteroatoms. The zero-order chi connectivity index (χ0) is 35.2. The number of furan rings is 1. The van der Waals surface area contributed by atoms with Gasteiger partial charge in [0.1, 0.15) is 11.2 Å². The topological polar surface area (TPSA) is 13.1 Å². The van der Waals surface area contributed by atoms with Gasteiger partial charge in [-0.1, -0.05) is 173 Å². The Labute approximate surface area is 306 Å². The summed E-state index contributed by atoms with van der Waals surface area (Å²) in [5.74, 6) is 0.263. The minimum atomic E-state index is -0.0351. The highest BCUT2D eigenvalue weighted by atomic mass is 16.3. The van der Waals surface area contributed by atoms with Crippen molar-refractivity contribution in [3.8, 4) is 33.4 Å². The van der Waals surface area contributed by atoms with Crippen LogP contribution >= 0.6 is 0 Å². The first-order valence-electron chi connectivity index (χ1n) is 18.8. The van der Waals surface area contributed by atoms with E-state index in [2.05, 4.69) is 173 Å². The summed E-state index contributed by atoms with van der Waals surface area (Å²) in [4.78, 5) is 0. The molecular formula is C51H42O. The van der Waals surface area contributed by atoms with Crippen LogP contribution in [0.1, 0.15) is 79.0 Å². The molecule has 0 unspecified atom stereocenters. The van der Waals surface area contributed by atoms with Crippen molar-refractivity contribution in [1.82, 2.24) is 0 Å². The van der Waals surface area contributed by atoms with Crippen LogP contribution in [0.5, 0.6) is 0 Å². The standard InChI is InChI=1S/C51H42O/c1-50(2)44-17-8-5-12-38(44)40-28-25-34(30-46(40)50)36(35-26-29-41-39-13-6-9-18-45(39)51(3,4)47(41)31-35)27-22-32-20-23-33(24-21-32)37-15-11-16-43-42-14-7-10-19-48(42)52-49(37)43/h5-21,23-26,28-31,36H,22,27H2,1-4H3. The van der Waals surface area contributed by atoms with Crippen LogP contribution in [-0.2, 0) is 17.3 Å². The molecule has 0 fully saturated rings. The maximum absolute atomic E-state index is 6.38. The number of aryl methyl sites for hydroxylation is 1. The van der Waals surface area contributed by atoms with Crippen LogP contribution in [0.25, 0.3) is 55.3 Å². The van der Waals surface area contributed by atoms with Crippen LogP contribution in [0.2, 0.25) is 0 Å². The molecule has 0 N–H and O–H groups in total. The van der Waals surface area contributed by atoms with E-state index in [9.17, 15) is 0 Å². The lowest BCUT2D eigenvalue weighted by molar-refractivity contribution is 0.649. The maximum atomic E-state index is 6.38. The van der Waals surface area contributed by atoms with E-state index >= 15 is 0 Å². The molecule has 0 spiro atoms. The van der Waals surface area contributed by atoms with Crippen molar-refractivity contribution in [2.75, 3.05) is 0 Å². The number of benzene rings is 7. The van der Waals surface area contributed by atoms with Crippen LogP contribution in [0, 0.1) is 0 Å². The fourth-order valence-corrected chi connectivity index (χ4v) is 9.54. The molecule has 7 aromatic carbocycles. The second-order valence-electron chi connectivity index (χ2n) is 16.0. The van der Waals surface area contributed by atoms with E-state index in [4.69, 9.17) is 4.42 Å². The maximum Gasteiger partial charge on any atom is 0.143 e. The van der Waals surface area contributed by atoms with Crippen LogP contribution in [-0.4, -0.2) is 0 Å². The summed E-state index contributed by atoms with van der Waals surface area (Å²) < 4.78 is 6.38. The van der Waals surface area contributed by atoms with E-state index < -0.39 is 0 Å². The Bertz CT molecular complexity index is 2580. The van der Waals surface area contributed by atoms with Gasteiger partial charge in [-0.05, 0) is 85.7 Å². The van der Waals surface area contributed by atoms with Gasteiger partial charge in [-0.15, -0.1) is 0 Å². The summed E-state index contributed by atoms with van der Waals surface area (Å²) in [5, 5.41) is 2.33. The van der Waals surface area contributed by atoms with E-state index in [1.807, 2.05) is 6.07 Å². The fourth-order valence-electron chi connectivity index (χ4n) is 9.54. The minimum Gasteiger partial charge on any atom is -0.455 e. The third-order valence-electron chi connectivity index (χ3n) is 12.4. The number of hydrogen-bond donors (Lipinski definition) is 0.